The number of halogens is 5. The third-order valence-corrected chi connectivity index (χ3v) is 8.35. The predicted molar refractivity (Wildman–Crippen MR) is 145 cm³/mol. The fourth-order valence-corrected chi connectivity index (χ4v) is 5.83. The van der Waals surface area contributed by atoms with E-state index in [2.05, 4.69) is 32.7 Å². The van der Waals surface area contributed by atoms with Gasteiger partial charge in [0, 0.05) is 61.5 Å². The van der Waals surface area contributed by atoms with Gasteiger partial charge < -0.3 is 4.90 Å². The summed E-state index contributed by atoms with van der Waals surface area (Å²) in [4.78, 5) is 6.95. The standard InChI is InChI=1S/C27H26ClF4N5S/c1-16-24(28)21(27(30,31)32)12-19(25(16)29)26-20-14-33-23(13-22(20)35(2)34-26)37-10-9-36(38-3)15-18(37)11-17-7-5-4-6-8-17/h4-8,12-14,18H,9-11,15H2,1-3H3. The quantitative estimate of drug-likeness (QED) is 0.198. The molecule has 4 aromatic rings. The first-order valence-corrected chi connectivity index (χ1v) is 13.6. The fraction of sp³-hybridized carbons (Fsp3) is 0.333. The average Bonchev–Trinajstić information content (AvgIpc) is 3.22. The number of nitrogens with zero attached hydrogens (tertiary/aromatic N) is 5. The van der Waals surface area contributed by atoms with Gasteiger partial charge in [-0.3, -0.25) is 4.68 Å². The van der Waals surface area contributed by atoms with Crippen molar-refractivity contribution in [3.8, 4) is 11.3 Å². The van der Waals surface area contributed by atoms with E-state index in [1.54, 1.807) is 29.9 Å². The number of alkyl halides is 3. The number of hydrogen-bond acceptors (Lipinski definition) is 5. The number of fused-ring (bicyclic) bond motifs is 1. The lowest BCUT2D eigenvalue weighted by molar-refractivity contribution is -0.137. The Hall–Kier alpha value is -2.82. The first kappa shape index (κ1) is 26.8. The van der Waals surface area contributed by atoms with Crippen LogP contribution < -0.4 is 4.90 Å². The van der Waals surface area contributed by atoms with Crippen LogP contribution >= 0.6 is 23.5 Å². The highest BCUT2D eigenvalue weighted by atomic mass is 35.5. The molecule has 200 valence electrons. The van der Waals surface area contributed by atoms with Crippen molar-refractivity contribution in [3.63, 3.8) is 0 Å². The maximum Gasteiger partial charge on any atom is 0.417 e. The van der Waals surface area contributed by atoms with E-state index < -0.39 is 22.6 Å². The van der Waals surface area contributed by atoms with Crippen LogP contribution in [0.3, 0.4) is 0 Å². The Balaban J connectivity index is 1.56. The van der Waals surface area contributed by atoms with Crippen molar-refractivity contribution < 1.29 is 17.6 Å². The summed E-state index contributed by atoms with van der Waals surface area (Å²) in [6, 6.07) is 13.0. The van der Waals surface area contributed by atoms with Crippen molar-refractivity contribution >= 4 is 40.3 Å². The molecule has 5 nitrogen and oxygen atoms in total. The molecule has 0 saturated carbocycles. The number of pyridine rings is 1. The van der Waals surface area contributed by atoms with Gasteiger partial charge in [0.25, 0.3) is 0 Å². The van der Waals surface area contributed by atoms with Gasteiger partial charge in [0.2, 0.25) is 0 Å². The molecule has 1 unspecified atom stereocenters. The van der Waals surface area contributed by atoms with Gasteiger partial charge in [-0.25, -0.2) is 13.7 Å². The Morgan fingerprint density at radius 3 is 2.55 bits per heavy atom. The predicted octanol–water partition coefficient (Wildman–Crippen LogP) is 6.77. The number of benzene rings is 2. The number of piperazine rings is 1. The molecule has 1 fully saturated rings. The topological polar surface area (TPSA) is 37.2 Å². The third-order valence-electron chi connectivity index (χ3n) is 7.01. The molecule has 1 aliphatic heterocycles. The number of rotatable bonds is 5. The van der Waals surface area contributed by atoms with Gasteiger partial charge in [-0.05, 0) is 31.2 Å². The van der Waals surface area contributed by atoms with Crippen molar-refractivity contribution in [2.45, 2.75) is 25.6 Å². The zero-order valence-electron chi connectivity index (χ0n) is 21.1. The van der Waals surface area contributed by atoms with Gasteiger partial charge in [0.15, 0.2) is 0 Å². The lowest BCUT2D eigenvalue weighted by atomic mass is 10.0. The Bertz CT molecular complexity index is 1470. The Labute approximate surface area is 227 Å². The first-order valence-electron chi connectivity index (χ1n) is 12.1. The van der Waals surface area contributed by atoms with Gasteiger partial charge in [0.05, 0.1) is 16.1 Å². The summed E-state index contributed by atoms with van der Waals surface area (Å²) < 4.78 is 60.0. The van der Waals surface area contributed by atoms with Crippen LogP contribution in [0.4, 0.5) is 23.4 Å². The largest absolute Gasteiger partial charge is 0.417 e. The number of aromatic nitrogens is 3. The van der Waals surface area contributed by atoms with Crippen LogP contribution in [0.5, 0.6) is 0 Å². The van der Waals surface area contributed by atoms with E-state index in [-0.39, 0.29) is 22.9 Å². The second-order valence-electron chi connectivity index (χ2n) is 9.36. The number of hydrogen-bond donors (Lipinski definition) is 0. The molecular formula is C27H26ClF4N5S. The molecule has 0 bridgehead atoms. The molecule has 2 aromatic heterocycles. The normalized spacial score (nSPS) is 16.9. The molecular weight excluding hydrogens is 538 g/mol. The van der Waals surface area contributed by atoms with Gasteiger partial charge >= 0.3 is 6.18 Å². The highest BCUT2D eigenvalue weighted by Gasteiger charge is 2.36. The van der Waals surface area contributed by atoms with Gasteiger partial charge in [-0.1, -0.05) is 53.9 Å². The van der Waals surface area contributed by atoms with Crippen molar-refractivity contribution in [2.75, 3.05) is 30.8 Å². The zero-order valence-corrected chi connectivity index (χ0v) is 22.6. The van der Waals surface area contributed by atoms with Crippen LogP contribution in [0.1, 0.15) is 16.7 Å². The lowest BCUT2D eigenvalue weighted by Crippen LogP contribution is -2.52. The Morgan fingerprint density at radius 1 is 1.13 bits per heavy atom. The van der Waals surface area contributed by atoms with E-state index >= 15 is 4.39 Å². The van der Waals surface area contributed by atoms with Gasteiger partial charge in [-0.2, -0.15) is 18.3 Å². The van der Waals surface area contributed by atoms with E-state index in [0.29, 0.717) is 10.9 Å². The average molecular weight is 564 g/mol. The first-order chi connectivity index (χ1) is 18.1. The molecule has 0 spiro atoms. The Morgan fingerprint density at radius 2 is 1.87 bits per heavy atom. The van der Waals surface area contributed by atoms with Crippen molar-refractivity contribution in [1.29, 1.82) is 0 Å². The second-order valence-corrected chi connectivity index (χ2v) is 10.6. The van der Waals surface area contributed by atoms with E-state index in [9.17, 15) is 13.2 Å². The van der Waals surface area contributed by atoms with E-state index in [1.165, 1.54) is 12.5 Å². The van der Waals surface area contributed by atoms with Crippen molar-refractivity contribution in [3.05, 3.63) is 76.2 Å². The highest BCUT2D eigenvalue weighted by molar-refractivity contribution is 7.96. The van der Waals surface area contributed by atoms with E-state index in [0.717, 1.165) is 37.9 Å². The summed E-state index contributed by atoms with van der Waals surface area (Å²) in [5.41, 5.74) is 0.356. The van der Waals surface area contributed by atoms with E-state index in [1.807, 2.05) is 24.3 Å². The molecule has 3 heterocycles. The summed E-state index contributed by atoms with van der Waals surface area (Å²) in [6.07, 6.45) is -0.251. The molecule has 5 rings (SSSR count). The van der Waals surface area contributed by atoms with Crippen molar-refractivity contribution in [1.82, 2.24) is 19.1 Å². The van der Waals surface area contributed by atoms with Gasteiger partial charge in [-0.15, -0.1) is 0 Å². The smallest absolute Gasteiger partial charge is 0.351 e. The molecule has 0 aliphatic carbocycles. The molecule has 11 heteroatoms. The minimum absolute atomic E-state index is 0.0948. The fourth-order valence-electron chi connectivity index (χ4n) is 5.00. The summed E-state index contributed by atoms with van der Waals surface area (Å²) in [5.74, 6) is -0.0827. The molecule has 1 aliphatic rings. The summed E-state index contributed by atoms with van der Waals surface area (Å²) >= 11 is 7.57. The minimum atomic E-state index is -4.73. The van der Waals surface area contributed by atoms with Crippen LogP contribution in [-0.4, -0.2) is 51.0 Å². The monoisotopic (exact) mass is 563 g/mol. The molecule has 0 amide bonds. The van der Waals surface area contributed by atoms with Crippen molar-refractivity contribution in [2.24, 2.45) is 7.05 Å². The van der Waals surface area contributed by atoms with Crippen LogP contribution in [0, 0.1) is 12.7 Å². The summed E-state index contributed by atoms with van der Waals surface area (Å²) in [5, 5.41) is 4.23. The van der Waals surface area contributed by atoms with E-state index in [4.69, 9.17) is 16.6 Å². The molecule has 0 radical (unpaired) electrons. The van der Waals surface area contributed by atoms with Crippen LogP contribution in [0.15, 0.2) is 48.7 Å². The molecule has 38 heavy (non-hydrogen) atoms. The molecule has 2 aromatic carbocycles. The molecule has 0 N–H and O–H groups in total. The summed E-state index contributed by atoms with van der Waals surface area (Å²) in [7, 11) is 1.69. The SMILES string of the molecule is CSN1CCN(c2cc3c(cn2)c(-c2cc(C(F)(F)F)c(Cl)c(C)c2F)nn3C)C(Cc2ccccc2)C1. The molecule has 1 atom stereocenters. The lowest BCUT2D eigenvalue weighted by Gasteiger charge is -2.41. The zero-order chi connectivity index (χ0) is 27.2. The second kappa shape index (κ2) is 10.4. The van der Waals surface area contributed by atoms with Crippen LogP contribution in [0.25, 0.3) is 22.2 Å². The minimum Gasteiger partial charge on any atom is -0.351 e. The number of anilines is 1. The third kappa shape index (κ3) is 4.97. The maximum absolute atomic E-state index is 15.2. The van der Waals surface area contributed by atoms with Crippen LogP contribution in [-0.2, 0) is 19.6 Å². The highest BCUT2D eigenvalue weighted by Crippen LogP contribution is 2.42. The van der Waals surface area contributed by atoms with Crippen LogP contribution in [0.2, 0.25) is 5.02 Å². The number of aryl methyl sites for hydroxylation is 1. The van der Waals surface area contributed by atoms with Gasteiger partial charge in [0.1, 0.15) is 17.3 Å². The molecule has 1 saturated heterocycles. The maximum atomic E-state index is 15.2. The summed E-state index contributed by atoms with van der Waals surface area (Å²) in [6.45, 7) is 3.71. The Kier molecular flexibility index (Phi) is 7.32.